The molecule has 2 aromatic carbocycles. The Morgan fingerprint density at radius 2 is 1.69 bits per heavy atom. The first-order valence-electron chi connectivity index (χ1n) is 5.39. The molecule has 3 aromatic rings. The van der Waals surface area contributed by atoms with Gasteiger partial charge in [0.15, 0.2) is 0 Å². The third-order valence-corrected chi connectivity index (χ3v) is 2.82. The molecule has 0 atom stereocenters. The van der Waals surface area contributed by atoms with Crippen molar-refractivity contribution in [2.75, 3.05) is 0 Å². The first-order valence-corrected chi connectivity index (χ1v) is 5.39. The highest BCUT2D eigenvalue weighted by Gasteiger charge is 2.01. The Morgan fingerprint density at radius 3 is 2.50 bits per heavy atom. The van der Waals surface area contributed by atoms with Crippen LogP contribution in [0.15, 0.2) is 54.7 Å². The molecule has 0 aliphatic rings. The topological polar surface area (TPSA) is 4.93 Å². The molecule has 0 aliphatic heterocycles. The van der Waals surface area contributed by atoms with E-state index in [9.17, 15) is 0 Å². The van der Waals surface area contributed by atoms with Gasteiger partial charge in [-0.15, -0.1) is 0 Å². The first kappa shape index (κ1) is 9.22. The summed E-state index contributed by atoms with van der Waals surface area (Å²) in [7, 11) is 0. The minimum Gasteiger partial charge on any atom is -0.316 e. The minimum atomic E-state index is 1.16. The van der Waals surface area contributed by atoms with Crippen molar-refractivity contribution in [3.63, 3.8) is 0 Å². The van der Waals surface area contributed by atoms with E-state index in [0.29, 0.717) is 0 Å². The van der Waals surface area contributed by atoms with Crippen LogP contribution in [0.5, 0.6) is 0 Å². The Balaban J connectivity index is 2.22. The third-order valence-electron chi connectivity index (χ3n) is 2.82. The monoisotopic (exact) mass is 206 g/mol. The second-order valence-electron chi connectivity index (χ2n) is 4.00. The van der Waals surface area contributed by atoms with Crippen molar-refractivity contribution in [3.8, 4) is 5.69 Å². The molecular formula is C15H12N. The number of aryl methyl sites for hydroxylation is 1. The molecule has 1 radical (unpaired) electrons. The quantitative estimate of drug-likeness (QED) is 0.571. The predicted octanol–water partition coefficient (Wildman–Crippen LogP) is 3.74. The highest BCUT2D eigenvalue weighted by atomic mass is 15.0. The van der Waals surface area contributed by atoms with Gasteiger partial charge in [0.2, 0.25) is 0 Å². The van der Waals surface area contributed by atoms with Gasteiger partial charge in [0.05, 0.1) is 5.52 Å². The lowest BCUT2D eigenvalue weighted by molar-refractivity contribution is 1.12. The fraction of sp³-hybridized carbons (Fsp3) is 0.0667. The van der Waals surface area contributed by atoms with Crippen molar-refractivity contribution >= 4 is 10.9 Å². The van der Waals surface area contributed by atoms with E-state index in [1.807, 2.05) is 12.3 Å². The summed E-state index contributed by atoms with van der Waals surface area (Å²) in [6.07, 6.45) is 2.00. The van der Waals surface area contributed by atoms with Crippen LogP contribution in [0, 0.1) is 13.0 Å². The van der Waals surface area contributed by atoms with Gasteiger partial charge in [-0.1, -0.05) is 35.9 Å². The lowest BCUT2D eigenvalue weighted by Gasteiger charge is -2.05. The summed E-state index contributed by atoms with van der Waals surface area (Å²) in [5, 5.41) is 1.16. The van der Waals surface area contributed by atoms with Crippen molar-refractivity contribution in [2.45, 2.75) is 6.92 Å². The molecule has 0 bridgehead atoms. The fourth-order valence-electron chi connectivity index (χ4n) is 1.93. The minimum absolute atomic E-state index is 1.16. The number of para-hydroxylation sites is 1. The van der Waals surface area contributed by atoms with Crippen molar-refractivity contribution in [2.24, 2.45) is 0 Å². The molecule has 3 rings (SSSR count). The van der Waals surface area contributed by atoms with Crippen molar-refractivity contribution in [1.29, 1.82) is 0 Å². The molecule has 0 spiro atoms. The van der Waals surface area contributed by atoms with Gasteiger partial charge >= 0.3 is 0 Å². The Hall–Kier alpha value is -2.02. The summed E-state index contributed by atoms with van der Waals surface area (Å²) in [5.41, 5.74) is 3.67. The van der Waals surface area contributed by atoms with Crippen LogP contribution in [-0.4, -0.2) is 4.57 Å². The van der Waals surface area contributed by atoms with E-state index < -0.39 is 0 Å². The second kappa shape index (κ2) is 3.53. The van der Waals surface area contributed by atoms with Gasteiger partial charge in [-0.2, -0.15) is 0 Å². The molecule has 0 unspecified atom stereocenters. The smallest absolute Gasteiger partial charge is 0.0534 e. The zero-order chi connectivity index (χ0) is 11.0. The number of aromatic nitrogens is 1. The van der Waals surface area contributed by atoms with Crippen LogP contribution in [-0.2, 0) is 0 Å². The summed E-state index contributed by atoms with van der Waals surface area (Å²) in [4.78, 5) is 0. The molecule has 16 heavy (non-hydrogen) atoms. The molecule has 77 valence electrons. The maximum atomic E-state index is 3.26. The lowest BCUT2D eigenvalue weighted by atomic mass is 10.2. The van der Waals surface area contributed by atoms with Gasteiger partial charge in [0.25, 0.3) is 0 Å². The van der Waals surface area contributed by atoms with Crippen LogP contribution in [0.1, 0.15) is 5.56 Å². The van der Waals surface area contributed by atoms with E-state index >= 15 is 0 Å². The Kier molecular flexibility index (Phi) is 2.03. The molecule has 1 aromatic heterocycles. The number of benzene rings is 2. The third kappa shape index (κ3) is 1.41. The summed E-state index contributed by atoms with van der Waals surface area (Å²) < 4.78 is 2.16. The molecule has 0 amide bonds. The van der Waals surface area contributed by atoms with Gasteiger partial charge in [-0.25, -0.2) is 0 Å². The highest BCUT2D eigenvalue weighted by Crippen LogP contribution is 2.19. The summed E-state index contributed by atoms with van der Waals surface area (Å²) in [6.45, 7) is 2.10. The summed E-state index contributed by atoms with van der Waals surface area (Å²) in [5.74, 6) is 0. The standard InChI is InChI=1S/C15H12N/c1-12-6-8-14(9-7-12)16-11-10-13-4-2-3-5-15(13)16/h2-9,11H,1H3. The molecule has 0 N–H and O–H groups in total. The normalized spacial score (nSPS) is 10.8. The van der Waals surface area contributed by atoms with Crippen LogP contribution in [0.4, 0.5) is 0 Å². The van der Waals surface area contributed by atoms with Gasteiger partial charge < -0.3 is 4.57 Å². The molecule has 0 saturated carbocycles. The lowest BCUT2D eigenvalue weighted by Crippen LogP contribution is -1.90. The number of fused-ring (bicyclic) bond motifs is 1. The van der Waals surface area contributed by atoms with E-state index in [1.165, 1.54) is 16.8 Å². The number of hydrogen-bond donors (Lipinski definition) is 0. The molecule has 1 nitrogen and oxygen atoms in total. The number of rotatable bonds is 1. The number of nitrogens with zero attached hydrogens (tertiary/aromatic N) is 1. The van der Waals surface area contributed by atoms with E-state index in [0.717, 1.165) is 5.39 Å². The van der Waals surface area contributed by atoms with E-state index in [4.69, 9.17) is 0 Å². The van der Waals surface area contributed by atoms with Gasteiger partial charge in [-0.3, -0.25) is 0 Å². The molecule has 0 saturated heterocycles. The molecule has 0 aliphatic carbocycles. The summed E-state index contributed by atoms with van der Waals surface area (Å²) in [6, 6.07) is 20.1. The second-order valence-corrected chi connectivity index (χ2v) is 4.00. The highest BCUT2D eigenvalue weighted by molar-refractivity contribution is 5.81. The average molecular weight is 206 g/mol. The Morgan fingerprint density at radius 1 is 0.938 bits per heavy atom. The van der Waals surface area contributed by atoms with Crippen LogP contribution >= 0.6 is 0 Å². The first-order chi connectivity index (χ1) is 7.84. The Bertz CT molecular complexity index is 617. The average Bonchev–Trinajstić information content (AvgIpc) is 2.74. The molecule has 1 heteroatoms. The summed E-state index contributed by atoms with van der Waals surface area (Å²) >= 11 is 0. The van der Waals surface area contributed by atoms with Crippen LogP contribution < -0.4 is 0 Å². The zero-order valence-corrected chi connectivity index (χ0v) is 9.14. The van der Waals surface area contributed by atoms with Crippen molar-refractivity contribution in [3.05, 3.63) is 66.4 Å². The molecular weight excluding hydrogens is 194 g/mol. The largest absolute Gasteiger partial charge is 0.316 e. The molecule has 0 fully saturated rings. The van der Waals surface area contributed by atoms with E-state index in [2.05, 4.69) is 60.0 Å². The van der Waals surface area contributed by atoms with Gasteiger partial charge in [0.1, 0.15) is 0 Å². The van der Waals surface area contributed by atoms with Crippen LogP contribution in [0.2, 0.25) is 0 Å². The predicted molar refractivity (Wildman–Crippen MR) is 66.8 cm³/mol. The fourth-order valence-corrected chi connectivity index (χ4v) is 1.93. The zero-order valence-electron chi connectivity index (χ0n) is 9.14. The van der Waals surface area contributed by atoms with E-state index in [-0.39, 0.29) is 0 Å². The van der Waals surface area contributed by atoms with Crippen molar-refractivity contribution in [1.82, 2.24) is 4.57 Å². The Labute approximate surface area is 95.0 Å². The SMILES string of the molecule is Cc1ccc(-n2c[c]c3ccccc32)cc1. The molecule has 1 heterocycles. The maximum absolute atomic E-state index is 3.26. The van der Waals surface area contributed by atoms with E-state index in [1.54, 1.807) is 0 Å². The maximum Gasteiger partial charge on any atom is 0.0534 e. The van der Waals surface area contributed by atoms with Gasteiger partial charge in [-0.05, 0) is 25.1 Å². The van der Waals surface area contributed by atoms with Gasteiger partial charge in [0, 0.05) is 23.3 Å². The number of hydrogen-bond acceptors (Lipinski definition) is 0. The van der Waals surface area contributed by atoms with Crippen LogP contribution in [0.3, 0.4) is 0 Å². The van der Waals surface area contributed by atoms with Crippen molar-refractivity contribution < 1.29 is 0 Å². The van der Waals surface area contributed by atoms with Crippen LogP contribution in [0.25, 0.3) is 16.6 Å².